The maximum atomic E-state index is 10.9. The SMILES string of the molecule is CC(CN1CCCC1)NCc1ccc(C(C)C(=O)O)cc1. The standard InChI is InChI=1S/C17H26N2O2/c1-13(12-19-9-3-4-10-19)18-11-15-5-7-16(8-6-15)14(2)17(20)21/h5-8,13-14,18H,3-4,9-12H2,1-2H3,(H,20,21). The summed E-state index contributed by atoms with van der Waals surface area (Å²) in [5.74, 6) is -1.22. The Hall–Kier alpha value is -1.39. The number of nitrogens with one attached hydrogen (secondary N) is 1. The first-order valence-electron chi connectivity index (χ1n) is 7.83. The lowest BCUT2D eigenvalue weighted by Crippen LogP contribution is -2.37. The molecule has 2 unspecified atom stereocenters. The molecule has 1 saturated heterocycles. The average Bonchev–Trinajstić information content (AvgIpc) is 2.97. The lowest BCUT2D eigenvalue weighted by molar-refractivity contribution is -0.138. The zero-order valence-corrected chi connectivity index (χ0v) is 13.0. The molecule has 0 bridgehead atoms. The van der Waals surface area contributed by atoms with Crippen molar-refractivity contribution in [2.24, 2.45) is 0 Å². The van der Waals surface area contributed by atoms with Gasteiger partial charge < -0.3 is 15.3 Å². The fourth-order valence-electron chi connectivity index (χ4n) is 2.78. The van der Waals surface area contributed by atoms with Crippen LogP contribution in [0, 0.1) is 0 Å². The number of benzene rings is 1. The van der Waals surface area contributed by atoms with Crippen LogP contribution in [0.1, 0.15) is 43.7 Å². The van der Waals surface area contributed by atoms with Crippen molar-refractivity contribution >= 4 is 5.97 Å². The van der Waals surface area contributed by atoms with Gasteiger partial charge in [-0.15, -0.1) is 0 Å². The van der Waals surface area contributed by atoms with E-state index in [4.69, 9.17) is 5.11 Å². The van der Waals surface area contributed by atoms with Crippen LogP contribution in [0.5, 0.6) is 0 Å². The fourth-order valence-corrected chi connectivity index (χ4v) is 2.78. The van der Waals surface area contributed by atoms with Crippen molar-refractivity contribution in [2.45, 2.75) is 45.2 Å². The molecule has 0 aromatic heterocycles. The van der Waals surface area contributed by atoms with Gasteiger partial charge >= 0.3 is 5.97 Å². The number of likely N-dealkylation sites (tertiary alicyclic amines) is 1. The lowest BCUT2D eigenvalue weighted by atomic mass is 10.00. The number of carboxylic acids is 1. The van der Waals surface area contributed by atoms with E-state index in [1.165, 1.54) is 31.5 Å². The fraction of sp³-hybridized carbons (Fsp3) is 0.588. The first kappa shape index (κ1) is 16.0. The Balaban J connectivity index is 1.78. The number of aliphatic carboxylic acids is 1. The molecular formula is C17H26N2O2. The maximum absolute atomic E-state index is 10.9. The van der Waals surface area contributed by atoms with Crippen molar-refractivity contribution in [3.8, 4) is 0 Å². The summed E-state index contributed by atoms with van der Waals surface area (Å²) in [6.07, 6.45) is 2.66. The molecule has 4 nitrogen and oxygen atoms in total. The van der Waals surface area contributed by atoms with Crippen LogP contribution in [0.4, 0.5) is 0 Å². The van der Waals surface area contributed by atoms with E-state index < -0.39 is 11.9 Å². The highest BCUT2D eigenvalue weighted by molar-refractivity contribution is 5.75. The topological polar surface area (TPSA) is 52.6 Å². The molecule has 1 aromatic rings. The number of hydrogen-bond donors (Lipinski definition) is 2. The Labute approximate surface area is 127 Å². The zero-order valence-electron chi connectivity index (χ0n) is 13.0. The zero-order chi connectivity index (χ0) is 15.2. The minimum absolute atomic E-state index is 0.443. The van der Waals surface area contributed by atoms with Gasteiger partial charge in [0.25, 0.3) is 0 Å². The quantitative estimate of drug-likeness (QED) is 0.810. The van der Waals surface area contributed by atoms with Crippen molar-refractivity contribution in [1.82, 2.24) is 10.2 Å². The smallest absolute Gasteiger partial charge is 0.310 e. The van der Waals surface area contributed by atoms with E-state index in [2.05, 4.69) is 17.1 Å². The molecule has 0 spiro atoms. The van der Waals surface area contributed by atoms with Crippen molar-refractivity contribution in [2.75, 3.05) is 19.6 Å². The van der Waals surface area contributed by atoms with Gasteiger partial charge in [-0.3, -0.25) is 4.79 Å². The summed E-state index contributed by atoms with van der Waals surface area (Å²) in [6, 6.07) is 8.34. The van der Waals surface area contributed by atoms with Gasteiger partial charge in [0.1, 0.15) is 0 Å². The molecule has 1 aromatic carbocycles. The molecular weight excluding hydrogens is 264 g/mol. The van der Waals surface area contributed by atoms with Gasteiger partial charge in [-0.25, -0.2) is 0 Å². The van der Waals surface area contributed by atoms with Gasteiger partial charge in [0.15, 0.2) is 0 Å². The summed E-state index contributed by atoms with van der Waals surface area (Å²) in [7, 11) is 0. The third-order valence-corrected chi connectivity index (χ3v) is 4.24. The first-order chi connectivity index (χ1) is 10.1. The molecule has 0 saturated carbocycles. The second-order valence-corrected chi connectivity index (χ2v) is 6.09. The van der Waals surface area contributed by atoms with E-state index in [0.717, 1.165) is 18.7 Å². The van der Waals surface area contributed by atoms with Crippen LogP contribution in [0.15, 0.2) is 24.3 Å². The Kier molecular flexibility index (Phi) is 5.76. The van der Waals surface area contributed by atoms with E-state index in [1.807, 2.05) is 24.3 Å². The van der Waals surface area contributed by atoms with E-state index in [-0.39, 0.29) is 0 Å². The molecule has 21 heavy (non-hydrogen) atoms. The lowest BCUT2D eigenvalue weighted by Gasteiger charge is -2.21. The van der Waals surface area contributed by atoms with Gasteiger partial charge in [-0.2, -0.15) is 0 Å². The van der Waals surface area contributed by atoms with E-state index in [0.29, 0.717) is 6.04 Å². The number of carboxylic acid groups (broad SMARTS) is 1. The third kappa shape index (κ3) is 4.83. The summed E-state index contributed by atoms with van der Waals surface area (Å²) in [6.45, 7) is 8.33. The third-order valence-electron chi connectivity index (χ3n) is 4.24. The highest BCUT2D eigenvalue weighted by Crippen LogP contribution is 2.16. The first-order valence-corrected chi connectivity index (χ1v) is 7.83. The summed E-state index contributed by atoms with van der Waals surface area (Å²) >= 11 is 0. The Morgan fingerprint density at radius 1 is 1.24 bits per heavy atom. The molecule has 1 heterocycles. The van der Waals surface area contributed by atoms with Gasteiger partial charge in [-0.05, 0) is 50.9 Å². The monoisotopic (exact) mass is 290 g/mol. The van der Waals surface area contributed by atoms with Gasteiger partial charge in [0, 0.05) is 19.1 Å². The molecule has 0 radical (unpaired) electrons. The Bertz CT molecular complexity index is 452. The minimum atomic E-state index is -0.778. The van der Waals surface area contributed by atoms with Gasteiger partial charge in [0.2, 0.25) is 0 Å². The summed E-state index contributed by atoms with van der Waals surface area (Å²) in [4.78, 5) is 13.5. The molecule has 0 amide bonds. The van der Waals surface area contributed by atoms with Crippen LogP contribution in [0.25, 0.3) is 0 Å². The van der Waals surface area contributed by atoms with E-state index >= 15 is 0 Å². The minimum Gasteiger partial charge on any atom is -0.481 e. The van der Waals surface area contributed by atoms with Crippen molar-refractivity contribution in [3.63, 3.8) is 0 Å². The van der Waals surface area contributed by atoms with E-state index in [9.17, 15) is 4.79 Å². The molecule has 2 N–H and O–H groups in total. The number of rotatable bonds is 7. The predicted octanol–water partition coefficient (Wildman–Crippen LogP) is 2.45. The van der Waals surface area contributed by atoms with Crippen molar-refractivity contribution < 1.29 is 9.90 Å². The largest absolute Gasteiger partial charge is 0.481 e. The number of nitrogens with zero attached hydrogens (tertiary/aromatic N) is 1. The highest BCUT2D eigenvalue weighted by Gasteiger charge is 2.15. The molecule has 2 atom stereocenters. The summed E-state index contributed by atoms with van der Waals surface area (Å²) in [5.41, 5.74) is 2.06. The number of carbonyl (C=O) groups is 1. The van der Waals surface area contributed by atoms with Crippen LogP contribution in [0.3, 0.4) is 0 Å². The Morgan fingerprint density at radius 2 is 1.86 bits per heavy atom. The van der Waals surface area contributed by atoms with Crippen LogP contribution in [-0.4, -0.2) is 41.7 Å². The van der Waals surface area contributed by atoms with E-state index in [1.54, 1.807) is 6.92 Å². The van der Waals surface area contributed by atoms with Gasteiger partial charge in [-0.1, -0.05) is 24.3 Å². The van der Waals surface area contributed by atoms with Crippen LogP contribution >= 0.6 is 0 Å². The van der Waals surface area contributed by atoms with Gasteiger partial charge in [0.05, 0.1) is 5.92 Å². The molecule has 1 aliphatic heterocycles. The Morgan fingerprint density at radius 3 is 2.43 bits per heavy atom. The molecule has 1 aliphatic rings. The summed E-state index contributed by atoms with van der Waals surface area (Å²) < 4.78 is 0. The molecule has 0 aliphatic carbocycles. The number of hydrogen-bond acceptors (Lipinski definition) is 3. The second kappa shape index (κ2) is 7.57. The summed E-state index contributed by atoms with van der Waals surface area (Å²) in [5, 5.41) is 12.5. The predicted molar refractivity (Wildman–Crippen MR) is 84.5 cm³/mol. The molecule has 4 heteroatoms. The van der Waals surface area contributed by atoms with Crippen LogP contribution in [0.2, 0.25) is 0 Å². The van der Waals surface area contributed by atoms with Crippen LogP contribution in [-0.2, 0) is 11.3 Å². The second-order valence-electron chi connectivity index (χ2n) is 6.09. The molecule has 1 fully saturated rings. The highest BCUT2D eigenvalue weighted by atomic mass is 16.4. The van der Waals surface area contributed by atoms with Crippen molar-refractivity contribution in [1.29, 1.82) is 0 Å². The normalized spacial score (nSPS) is 18.6. The molecule has 116 valence electrons. The average molecular weight is 290 g/mol. The maximum Gasteiger partial charge on any atom is 0.310 e. The van der Waals surface area contributed by atoms with Crippen LogP contribution < -0.4 is 5.32 Å². The molecule has 2 rings (SSSR count). The van der Waals surface area contributed by atoms with Crippen molar-refractivity contribution in [3.05, 3.63) is 35.4 Å².